The van der Waals surface area contributed by atoms with E-state index in [1.807, 2.05) is 20.8 Å². The summed E-state index contributed by atoms with van der Waals surface area (Å²) in [5.74, 6) is 0. The van der Waals surface area contributed by atoms with Crippen LogP contribution < -0.4 is 10.6 Å². The summed E-state index contributed by atoms with van der Waals surface area (Å²) in [6, 6.07) is 0. The Morgan fingerprint density at radius 1 is 1.50 bits per heavy atom. The van der Waals surface area contributed by atoms with Crippen LogP contribution in [0.1, 0.15) is 40.0 Å². The van der Waals surface area contributed by atoms with Crippen LogP contribution in [-0.4, -0.2) is 36.0 Å². The molecule has 2 N–H and O–H groups in total. The van der Waals surface area contributed by atoms with E-state index < -0.39 is 23.3 Å². The number of amides is 2. The molecular formula is C12H20N2O4. The Bertz CT molecular complexity index is 358. The van der Waals surface area contributed by atoms with Crippen molar-refractivity contribution in [1.82, 2.24) is 10.6 Å². The maximum absolute atomic E-state index is 11.8. The van der Waals surface area contributed by atoms with Gasteiger partial charge in [-0.1, -0.05) is 0 Å². The first kappa shape index (κ1) is 13.0. The molecule has 0 spiro atoms. The second-order valence-corrected chi connectivity index (χ2v) is 5.91. The molecule has 18 heavy (non-hydrogen) atoms. The van der Waals surface area contributed by atoms with Gasteiger partial charge in [-0.25, -0.2) is 9.59 Å². The van der Waals surface area contributed by atoms with Gasteiger partial charge in [0.2, 0.25) is 0 Å². The fourth-order valence-electron chi connectivity index (χ4n) is 2.29. The molecule has 0 aromatic heterocycles. The zero-order chi connectivity index (χ0) is 13.4. The molecule has 0 radical (unpaired) electrons. The molecule has 0 bridgehead atoms. The lowest BCUT2D eigenvalue weighted by atomic mass is 9.72. The lowest BCUT2D eigenvalue weighted by molar-refractivity contribution is 0.000970. The molecule has 1 atom stereocenters. The topological polar surface area (TPSA) is 76.7 Å². The number of alkyl carbamates (subject to hydrolysis) is 2. The van der Waals surface area contributed by atoms with Crippen molar-refractivity contribution < 1.29 is 19.1 Å². The van der Waals surface area contributed by atoms with Crippen molar-refractivity contribution in [1.29, 1.82) is 0 Å². The maximum Gasteiger partial charge on any atom is 0.408 e. The number of cyclic esters (lactones) is 1. The van der Waals surface area contributed by atoms with Crippen LogP contribution in [0.3, 0.4) is 0 Å². The monoisotopic (exact) mass is 256 g/mol. The van der Waals surface area contributed by atoms with Gasteiger partial charge >= 0.3 is 12.2 Å². The average molecular weight is 256 g/mol. The van der Waals surface area contributed by atoms with Crippen molar-refractivity contribution in [3.63, 3.8) is 0 Å². The van der Waals surface area contributed by atoms with Gasteiger partial charge in [-0.2, -0.15) is 0 Å². The lowest BCUT2D eigenvalue weighted by Gasteiger charge is -2.45. The summed E-state index contributed by atoms with van der Waals surface area (Å²) in [5.41, 5.74) is -0.985. The van der Waals surface area contributed by atoms with Gasteiger partial charge in [-0.3, -0.25) is 0 Å². The minimum atomic E-state index is -0.528. The quantitative estimate of drug-likeness (QED) is 0.785. The molecule has 2 rings (SSSR count). The molecule has 102 valence electrons. The fraction of sp³-hybridized carbons (Fsp3) is 0.833. The maximum atomic E-state index is 11.8. The van der Waals surface area contributed by atoms with Gasteiger partial charge in [0, 0.05) is 0 Å². The molecule has 2 fully saturated rings. The van der Waals surface area contributed by atoms with Gasteiger partial charge < -0.3 is 20.1 Å². The van der Waals surface area contributed by atoms with Gasteiger partial charge in [0.25, 0.3) is 0 Å². The highest BCUT2D eigenvalue weighted by atomic mass is 16.6. The number of hydrogen-bond acceptors (Lipinski definition) is 4. The Morgan fingerprint density at radius 3 is 2.56 bits per heavy atom. The highest BCUT2D eigenvalue weighted by Crippen LogP contribution is 2.37. The number of ether oxygens (including phenoxy) is 2. The Kier molecular flexibility index (Phi) is 3.12. The zero-order valence-electron chi connectivity index (χ0n) is 11.0. The highest BCUT2D eigenvalue weighted by Gasteiger charge is 2.50. The van der Waals surface area contributed by atoms with Crippen molar-refractivity contribution in [3.8, 4) is 0 Å². The third kappa shape index (κ3) is 2.68. The molecule has 1 saturated heterocycles. The first-order valence-electron chi connectivity index (χ1n) is 6.26. The van der Waals surface area contributed by atoms with Gasteiger partial charge in [0.1, 0.15) is 11.7 Å². The van der Waals surface area contributed by atoms with Gasteiger partial charge in [-0.15, -0.1) is 0 Å². The molecule has 6 nitrogen and oxygen atoms in total. The molecule has 6 heteroatoms. The predicted octanol–water partition coefficient (Wildman–Crippen LogP) is 1.54. The van der Waals surface area contributed by atoms with E-state index in [1.165, 1.54) is 0 Å². The first-order valence-corrected chi connectivity index (χ1v) is 6.26. The zero-order valence-corrected chi connectivity index (χ0v) is 11.0. The Hall–Kier alpha value is -1.46. The van der Waals surface area contributed by atoms with Crippen molar-refractivity contribution in [2.45, 2.75) is 57.3 Å². The van der Waals surface area contributed by atoms with E-state index in [9.17, 15) is 9.59 Å². The second kappa shape index (κ2) is 4.33. The average Bonchev–Trinajstić information content (AvgIpc) is 2.55. The van der Waals surface area contributed by atoms with Crippen molar-refractivity contribution in [2.75, 3.05) is 6.54 Å². The Labute approximate surface area is 106 Å². The van der Waals surface area contributed by atoms with Crippen LogP contribution >= 0.6 is 0 Å². The molecule has 0 aromatic rings. The minimum absolute atomic E-state index is 0.300. The summed E-state index contributed by atoms with van der Waals surface area (Å²) >= 11 is 0. The lowest BCUT2D eigenvalue weighted by Crippen LogP contribution is -2.62. The molecule has 1 unspecified atom stereocenters. The van der Waals surface area contributed by atoms with Crippen LogP contribution in [0.2, 0.25) is 0 Å². The van der Waals surface area contributed by atoms with Crippen LogP contribution in [0.15, 0.2) is 0 Å². The van der Waals surface area contributed by atoms with E-state index in [1.54, 1.807) is 0 Å². The van der Waals surface area contributed by atoms with Crippen molar-refractivity contribution >= 4 is 12.2 Å². The van der Waals surface area contributed by atoms with E-state index in [0.717, 1.165) is 19.3 Å². The predicted molar refractivity (Wildman–Crippen MR) is 64.2 cm³/mol. The largest absolute Gasteiger partial charge is 0.444 e. The van der Waals surface area contributed by atoms with Crippen molar-refractivity contribution in [3.05, 3.63) is 0 Å². The second-order valence-electron chi connectivity index (χ2n) is 5.91. The van der Waals surface area contributed by atoms with Crippen molar-refractivity contribution in [2.24, 2.45) is 0 Å². The Balaban J connectivity index is 1.96. The highest BCUT2D eigenvalue weighted by molar-refractivity contribution is 5.71. The number of nitrogens with one attached hydrogen (secondary N) is 2. The summed E-state index contributed by atoms with van der Waals surface area (Å²) in [5, 5.41) is 5.48. The molecular weight excluding hydrogens is 236 g/mol. The summed E-state index contributed by atoms with van der Waals surface area (Å²) in [7, 11) is 0. The molecule has 1 aliphatic heterocycles. The summed E-state index contributed by atoms with van der Waals surface area (Å²) in [6.45, 7) is 5.89. The smallest absolute Gasteiger partial charge is 0.408 e. The number of rotatable bonds is 2. The minimum Gasteiger partial charge on any atom is -0.444 e. The van der Waals surface area contributed by atoms with Gasteiger partial charge in [-0.05, 0) is 40.0 Å². The Morgan fingerprint density at radius 2 is 2.17 bits per heavy atom. The first-order chi connectivity index (χ1) is 8.31. The molecule has 1 aliphatic carbocycles. The number of carbonyl (C=O) groups is 2. The third-order valence-electron chi connectivity index (χ3n) is 3.29. The van der Waals surface area contributed by atoms with Crippen LogP contribution in [-0.2, 0) is 9.47 Å². The van der Waals surface area contributed by atoms with Crippen LogP contribution in [0.25, 0.3) is 0 Å². The van der Waals surface area contributed by atoms with E-state index in [-0.39, 0.29) is 6.10 Å². The fourth-order valence-corrected chi connectivity index (χ4v) is 2.29. The molecule has 1 saturated carbocycles. The van der Waals surface area contributed by atoms with Gasteiger partial charge in [0.05, 0.1) is 12.1 Å². The van der Waals surface area contributed by atoms with Crippen LogP contribution in [0.5, 0.6) is 0 Å². The standard InChI is InChI=1S/C12H20N2O4/c1-11(2,3)18-10(16)14-12(5-4-6-12)8-7-13-9(15)17-8/h8H,4-7H2,1-3H3,(H,13,15)(H,14,16). The van der Waals surface area contributed by atoms with E-state index in [0.29, 0.717) is 6.54 Å². The van der Waals surface area contributed by atoms with Crippen LogP contribution in [0, 0.1) is 0 Å². The summed E-state index contributed by atoms with van der Waals surface area (Å²) in [4.78, 5) is 22.9. The SMILES string of the molecule is CC(C)(C)OC(=O)NC1(C2CNC(=O)O2)CCC1. The number of carbonyl (C=O) groups excluding carboxylic acids is 2. The molecule has 2 aliphatic rings. The number of hydrogen-bond donors (Lipinski definition) is 2. The molecule has 2 amide bonds. The molecule has 0 aromatic carbocycles. The van der Waals surface area contributed by atoms with Gasteiger partial charge in [0.15, 0.2) is 0 Å². The van der Waals surface area contributed by atoms with E-state index >= 15 is 0 Å². The molecule has 1 heterocycles. The summed E-state index contributed by atoms with van der Waals surface area (Å²) in [6.07, 6.45) is 1.47. The third-order valence-corrected chi connectivity index (χ3v) is 3.29. The van der Waals surface area contributed by atoms with E-state index in [2.05, 4.69) is 10.6 Å². The van der Waals surface area contributed by atoms with E-state index in [4.69, 9.17) is 9.47 Å². The summed E-state index contributed by atoms with van der Waals surface area (Å²) < 4.78 is 10.4. The normalized spacial score (nSPS) is 25.7. The van der Waals surface area contributed by atoms with Crippen LogP contribution in [0.4, 0.5) is 9.59 Å².